The Morgan fingerprint density at radius 3 is 2.38 bits per heavy atom. The minimum absolute atomic E-state index is 0.0479. The molecule has 3 aliphatic rings. The van der Waals surface area contributed by atoms with Gasteiger partial charge in [-0.15, -0.1) is 5.10 Å². The van der Waals surface area contributed by atoms with Gasteiger partial charge < -0.3 is 15.1 Å². The lowest BCUT2D eigenvalue weighted by atomic mass is 9.91. The molecule has 1 aromatic carbocycles. The van der Waals surface area contributed by atoms with E-state index >= 15 is 0 Å². The predicted octanol–water partition coefficient (Wildman–Crippen LogP) is 4.74. The highest BCUT2D eigenvalue weighted by Crippen LogP contribution is 2.29. The molecule has 0 atom stereocenters. The summed E-state index contributed by atoms with van der Waals surface area (Å²) in [5.74, 6) is -0.0466. The molecule has 0 radical (unpaired) electrons. The molecule has 12 heteroatoms. The van der Waals surface area contributed by atoms with Gasteiger partial charge in [0.25, 0.3) is 5.91 Å². The van der Waals surface area contributed by atoms with Crippen LogP contribution in [0.15, 0.2) is 48.7 Å². The summed E-state index contributed by atoms with van der Waals surface area (Å²) in [5, 5.41) is 7.74. The molecule has 2 fully saturated rings. The third-order valence-corrected chi connectivity index (χ3v) is 8.47. The van der Waals surface area contributed by atoms with Gasteiger partial charge in [-0.25, -0.2) is 4.52 Å². The van der Waals surface area contributed by atoms with Gasteiger partial charge in [0.05, 0.1) is 6.42 Å². The number of anilines is 2. The van der Waals surface area contributed by atoms with Gasteiger partial charge in [0.15, 0.2) is 5.65 Å². The molecular weight excluding hydrogens is 547 g/mol. The highest BCUT2D eigenvalue weighted by molar-refractivity contribution is 5.94. The summed E-state index contributed by atoms with van der Waals surface area (Å²) in [4.78, 5) is 35.8. The van der Waals surface area contributed by atoms with Crippen molar-refractivity contribution in [3.8, 4) is 0 Å². The largest absolute Gasteiger partial charge is 0.389 e. The first-order valence-electron chi connectivity index (χ1n) is 14.5. The number of aromatic nitrogens is 3. The molecule has 1 saturated heterocycles. The average Bonchev–Trinajstić information content (AvgIpc) is 3.38. The molecule has 9 nitrogen and oxygen atoms in total. The van der Waals surface area contributed by atoms with Gasteiger partial charge in [0, 0.05) is 74.7 Å². The van der Waals surface area contributed by atoms with Crippen LogP contribution in [0.5, 0.6) is 0 Å². The average molecular weight is 582 g/mol. The summed E-state index contributed by atoms with van der Waals surface area (Å²) in [6.45, 7) is 3.99. The van der Waals surface area contributed by atoms with Gasteiger partial charge in [0.1, 0.15) is 0 Å². The van der Waals surface area contributed by atoms with E-state index < -0.39 is 24.9 Å². The number of fused-ring (bicyclic) bond motifs is 1. The third kappa shape index (κ3) is 6.28. The Labute approximate surface area is 242 Å². The normalized spacial score (nSPS) is 18.6. The summed E-state index contributed by atoms with van der Waals surface area (Å²) in [6.07, 6.45) is 2.06. The molecule has 1 N–H and O–H groups in total. The molecule has 42 heavy (non-hydrogen) atoms. The Morgan fingerprint density at radius 1 is 0.976 bits per heavy atom. The van der Waals surface area contributed by atoms with Gasteiger partial charge >= 0.3 is 6.18 Å². The van der Waals surface area contributed by atoms with Crippen molar-refractivity contribution in [1.29, 1.82) is 0 Å². The molecule has 222 valence electrons. The maximum absolute atomic E-state index is 13.1. The smallest absolute Gasteiger partial charge is 0.339 e. The fourth-order valence-electron chi connectivity index (χ4n) is 5.81. The van der Waals surface area contributed by atoms with Crippen molar-refractivity contribution in [3.63, 3.8) is 0 Å². The lowest BCUT2D eigenvalue weighted by Gasteiger charge is -2.42. The molecule has 3 aromatic rings. The van der Waals surface area contributed by atoms with E-state index in [9.17, 15) is 22.8 Å². The molecule has 6 rings (SSSR count). The first-order chi connectivity index (χ1) is 20.2. The summed E-state index contributed by atoms with van der Waals surface area (Å²) < 4.78 is 39.2. The maximum atomic E-state index is 13.1. The number of amides is 2. The number of piperazine rings is 1. The van der Waals surface area contributed by atoms with Crippen LogP contribution in [0.1, 0.15) is 54.4 Å². The van der Waals surface area contributed by atoms with Crippen LogP contribution in [0.4, 0.5) is 24.8 Å². The summed E-state index contributed by atoms with van der Waals surface area (Å²) in [7, 11) is 0. The lowest BCUT2D eigenvalue weighted by molar-refractivity contribution is -0.148. The number of carbonyl (C=O) groups is 2. The second-order valence-electron chi connectivity index (χ2n) is 11.2. The second-order valence-corrected chi connectivity index (χ2v) is 11.2. The first kappa shape index (κ1) is 28.2. The molecule has 2 aliphatic heterocycles. The van der Waals surface area contributed by atoms with Crippen molar-refractivity contribution >= 4 is 34.7 Å². The first-order valence-corrected chi connectivity index (χ1v) is 14.5. The second kappa shape index (κ2) is 11.7. The van der Waals surface area contributed by atoms with E-state index in [1.807, 2.05) is 47.4 Å². The van der Waals surface area contributed by atoms with Crippen molar-refractivity contribution in [1.82, 2.24) is 29.3 Å². The summed E-state index contributed by atoms with van der Waals surface area (Å²) in [5.41, 5.74) is 3.87. The number of halogens is 3. The molecule has 4 heterocycles. The van der Waals surface area contributed by atoms with Crippen LogP contribution in [0, 0.1) is 0 Å². The van der Waals surface area contributed by atoms with Crippen LogP contribution in [0.25, 0.3) is 11.2 Å². The molecule has 2 amide bonds. The number of hydrogen-bond donors (Lipinski definition) is 1. The highest BCUT2D eigenvalue weighted by atomic mass is 19.4. The van der Waals surface area contributed by atoms with Crippen LogP contribution < -0.4 is 5.32 Å². The minimum atomic E-state index is -4.34. The van der Waals surface area contributed by atoms with E-state index in [0.717, 1.165) is 43.0 Å². The number of alkyl halides is 3. The van der Waals surface area contributed by atoms with Gasteiger partial charge in [-0.2, -0.15) is 18.2 Å². The Bertz CT molecular complexity index is 1470. The van der Waals surface area contributed by atoms with Crippen molar-refractivity contribution < 1.29 is 22.8 Å². The van der Waals surface area contributed by atoms with Crippen molar-refractivity contribution in [2.45, 2.75) is 50.7 Å². The fraction of sp³-hybridized carbons (Fsp3) is 0.467. The predicted molar refractivity (Wildman–Crippen MR) is 152 cm³/mol. The number of nitrogens with one attached hydrogen (secondary N) is 1. The zero-order chi connectivity index (χ0) is 29.3. The van der Waals surface area contributed by atoms with Crippen LogP contribution >= 0.6 is 0 Å². The summed E-state index contributed by atoms with van der Waals surface area (Å²) in [6, 6.07) is 11.8. The van der Waals surface area contributed by atoms with Gasteiger partial charge in [-0.3, -0.25) is 14.5 Å². The van der Waals surface area contributed by atoms with E-state index in [1.54, 1.807) is 10.7 Å². The fourth-order valence-corrected chi connectivity index (χ4v) is 5.81. The van der Waals surface area contributed by atoms with E-state index in [2.05, 4.69) is 20.3 Å². The van der Waals surface area contributed by atoms with Crippen molar-refractivity contribution in [3.05, 3.63) is 59.8 Å². The molecule has 0 spiro atoms. The molecule has 0 bridgehead atoms. The third-order valence-electron chi connectivity index (χ3n) is 8.47. The minimum Gasteiger partial charge on any atom is -0.339 e. The topological polar surface area (TPSA) is 86.1 Å². The number of nitrogens with zero attached hydrogens (tertiary/aromatic N) is 6. The number of carbonyl (C=O) groups excluding carboxylic acids is 2. The SMILES string of the molecule is O=C(CCC(F)(F)F)N1CC=C(c2cccn3nc(Nc4ccc(C(=O)N5CCN(C6CCC6)CC5)cc4)nc23)CC1. The Morgan fingerprint density at radius 2 is 1.74 bits per heavy atom. The van der Waals surface area contributed by atoms with Crippen LogP contribution in [0.3, 0.4) is 0 Å². The molecule has 1 saturated carbocycles. The quantitative estimate of drug-likeness (QED) is 0.434. The van der Waals surface area contributed by atoms with Gasteiger partial charge in [0.2, 0.25) is 11.9 Å². The van der Waals surface area contributed by atoms with E-state index in [0.29, 0.717) is 36.2 Å². The lowest BCUT2D eigenvalue weighted by Crippen LogP contribution is -2.53. The Hall–Kier alpha value is -3.93. The number of rotatable bonds is 7. The zero-order valence-corrected chi connectivity index (χ0v) is 23.3. The molecule has 0 unspecified atom stereocenters. The van der Waals surface area contributed by atoms with E-state index in [1.165, 1.54) is 24.2 Å². The molecule has 2 aromatic heterocycles. The zero-order valence-electron chi connectivity index (χ0n) is 23.3. The van der Waals surface area contributed by atoms with E-state index in [4.69, 9.17) is 0 Å². The van der Waals surface area contributed by atoms with Crippen molar-refractivity contribution in [2.75, 3.05) is 44.6 Å². The molecule has 1 aliphatic carbocycles. The van der Waals surface area contributed by atoms with Crippen LogP contribution in [-0.4, -0.2) is 92.6 Å². The standard InChI is InChI=1S/C30H34F3N7O2/c31-30(32,33)13-10-26(41)38-15-11-21(12-16-38)25-5-2-14-40-27(25)35-29(36-40)34-23-8-6-22(7-9-23)28(42)39-19-17-37(18-20-39)24-3-1-4-24/h2,5-9,11,14,24H,1,3-4,10,12-13,15-20H2,(H,34,36). The number of hydrogen-bond acceptors (Lipinski definition) is 6. The monoisotopic (exact) mass is 581 g/mol. The highest BCUT2D eigenvalue weighted by Gasteiger charge is 2.31. The van der Waals surface area contributed by atoms with E-state index in [-0.39, 0.29) is 12.5 Å². The van der Waals surface area contributed by atoms with Crippen LogP contribution in [0.2, 0.25) is 0 Å². The van der Waals surface area contributed by atoms with Gasteiger partial charge in [-0.1, -0.05) is 12.5 Å². The van der Waals surface area contributed by atoms with Crippen LogP contribution in [-0.2, 0) is 4.79 Å². The Kier molecular flexibility index (Phi) is 7.89. The number of pyridine rings is 1. The maximum Gasteiger partial charge on any atom is 0.389 e. The Balaban J connectivity index is 1.08. The summed E-state index contributed by atoms with van der Waals surface area (Å²) >= 11 is 0. The van der Waals surface area contributed by atoms with Gasteiger partial charge in [-0.05, 0) is 61.2 Å². The van der Waals surface area contributed by atoms with Crippen molar-refractivity contribution in [2.24, 2.45) is 0 Å². The number of benzene rings is 1. The molecular formula is C30H34F3N7O2.